The summed E-state index contributed by atoms with van der Waals surface area (Å²) in [5.41, 5.74) is 1.42. The van der Waals surface area contributed by atoms with Gasteiger partial charge in [-0.3, -0.25) is 4.79 Å². The molecular weight excluding hydrogens is 324 g/mol. The van der Waals surface area contributed by atoms with Crippen LogP contribution in [0.2, 0.25) is 0 Å². The molecule has 0 saturated carbocycles. The van der Waals surface area contributed by atoms with Crippen molar-refractivity contribution in [3.05, 3.63) is 35.3 Å². The average molecular weight is 346 g/mol. The van der Waals surface area contributed by atoms with Gasteiger partial charge in [0, 0.05) is 24.0 Å². The van der Waals surface area contributed by atoms with Crippen molar-refractivity contribution in [2.45, 2.75) is 38.9 Å². The molecule has 0 bridgehead atoms. The van der Waals surface area contributed by atoms with Crippen molar-refractivity contribution in [3.8, 4) is 16.3 Å². The van der Waals surface area contributed by atoms with Crippen molar-refractivity contribution in [2.75, 3.05) is 13.1 Å². The molecule has 6 heteroatoms. The Labute approximate surface area is 145 Å². The standard InChI is InChI=1S/C18H22N2O3S/c1-12(2)23-15-7-5-13(6-8-15)17-19-16(11-24-17)18(22)20-9-3-4-14(21)10-20/h5-8,11-12,14,21H,3-4,9-10H2,1-2H3. The summed E-state index contributed by atoms with van der Waals surface area (Å²) in [4.78, 5) is 18.7. The van der Waals surface area contributed by atoms with E-state index in [1.807, 2.05) is 38.1 Å². The van der Waals surface area contributed by atoms with E-state index >= 15 is 0 Å². The summed E-state index contributed by atoms with van der Waals surface area (Å²) in [5.74, 6) is 0.722. The Morgan fingerprint density at radius 1 is 1.38 bits per heavy atom. The molecule has 1 aromatic heterocycles. The van der Waals surface area contributed by atoms with Gasteiger partial charge in [0.1, 0.15) is 16.5 Å². The number of carbonyl (C=O) groups excluding carboxylic acids is 1. The zero-order chi connectivity index (χ0) is 17.1. The first-order chi connectivity index (χ1) is 11.5. The monoisotopic (exact) mass is 346 g/mol. The molecule has 1 aromatic carbocycles. The first kappa shape index (κ1) is 16.9. The van der Waals surface area contributed by atoms with E-state index in [2.05, 4.69) is 4.98 Å². The minimum Gasteiger partial charge on any atom is -0.491 e. The second kappa shape index (κ2) is 7.32. The number of rotatable bonds is 4. The van der Waals surface area contributed by atoms with Crippen molar-refractivity contribution in [3.63, 3.8) is 0 Å². The molecule has 1 fully saturated rings. The molecule has 1 aliphatic heterocycles. The van der Waals surface area contributed by atoms with Gasteiger partial charge in [0.2, 0.25) is 0 Å². The number of benzene rings is 1. The van der Waals surface area contributed by atoms with E-state index in [0.717, 1.165) is 29.2 Å². The number of thiazole rings is 1. The summed E-state index contributed by atoms with van der Waals surface area (Å²) in [6.07, 6.45) is 1.31. The number of ether oxygens (including phenoxy) is 1. The van der Waals surface area contributed by atoms with Crippen molar-refractivity contribution >= 4 is 17.2 Å². The Morgan fingerprint density at radius 2 is 2.12 bits per heavy atom. The molecule has 1 atom stereocenters. The maximum Gasteiger partial charge on any atom is 0.273 e. The van der Waals surface area contributed by atoms with Gasteiger partial charge in [-0.15, -0.1) is 11.3 Å². The molecule has 1 unspecified atom stereocenters. The van der Waals surface area contributed by atoms with Crippen molar-refractivity contribution in [1.82, 2.24) is 9.88 Å². The Balaban J connectivity index is 1.71. The number of carbonyl (C=O) groups is 1. The lowest BCUT2D eigenvalue weighted by molar-refractivity contribution is 0.0469. The number of hydrogen-bond acceptors (Lipinski definition) is 5. The van der Waals surface area contributed by atoms with Crippen molar-refractivity contribution in [1.29, 1.82) is 0 Å². The third-order valence-corrected chi connectivity index (χ3v) is 4.77. The third-order valence-electron chi connectivity index (χ3n) is 3.88. The van der Waals surface area contributed by atoms with Gasteiger partial charge < -0.3 is 14.7 Å². The number of β-amino-alcohol motifs (C(OH)–C–C–N with tert-alkyl or cyclic N) is 1. The second-order valence-electron chi connectivity index (χ2n) is 6.28. The molecule has 2 heterocycles. The fraction of sp³-hybridized carbons (Fsp3) is 0.444. The Morgan fingerprint density at radius 3 is 2.79 bits per heavy atom. The highest BCUT2D eigenvalue weighted by molar-refractivity contribution is 7.13. The number of piperidine rings is 1. The van der Waals surface area contributed by atoms with Gasteiger partial charge >= 0.3 is 0 Å². The molecule has 1 amide bonds. The molecule has 0 radical (unpaired) electrons. The summed E-state index contributed by atoms with van der Waals surface area (Å²) in [7, 11) is 0. The quantitative estimate of drug-likeness (QED) is 0.923. The van der Waals surface area contributed by atoms with Crippen LogP contribution in [0.25, 0.3) is 10.6 Å². The molecule has 0 aliphatic carbocycles. The van der Waals surface area contributed by atoms with Crippen LogP contribution in [0.15, 0.2) is 29.6 Å². The Kier molecular flexibility index (Phi) is 5.16. The predicted octanol–water partition coefficient (Wildman–Crippen LogP) is 3.19. The molecule has 1 saturated heterocycles. The van der Waals surface area contributed by atoms with E-state index in [-0.39, 0.29) is 12.0 Å². The minimum absolute atomic E-state index is 0.101. The topological polar surface area (TPSA) is 62.7 Å². The zero-order valence-electron chi connectivity index (χ0n) is 13.9. The van der Waals surface area contributed by atoms with Crippen LogP contribution in [0.5, 0.6) is 5.75 Å². The summed E-state index contributed by atoms with van der Waals surface area (Å²) in [5, 5.41) is 12.3. The van der Waals surface area contributed by atoms with Crippen LogP contribution in [0, 0.1) is 0 Å². The maximum absolute atomic E-state index is 12.5. The lowest BCUT2D eigenvalue weighted by atomic mass is 10.1. The first-order valence-corrected chi connectivity index (χ1v) is 9.11. The number of aliphatic hydroxyl groups is 1. The normalized spacial score (nSPS) is 18.0. The molecule has 2 aromatic rings. The van der Waals surface area contributed by atoms with Crippen LogP contribution in [0.3, 0.4) is 0 Å². The Bertz CT molecular complexity index is 697. The fourth-order valence-electron chi connectivity index (χ4n) is 2.75. The highest BCUT2D eigenvalue weighted by atomic mass is 32.1. The van der Waals surface area contributed by atoms with Crippen LogP contribution in [0.1, 0.15) is 37.2 Å². The lowest BCUT2D eigenvalue weighted by Gasteiger charge is -2.29. The number of nitrogens with zero attached hydrogens (tertiary/aromatic N) is 2. The molecule has 1 N–H and O–H groups in total. The van der Waals surface area contributed by atoms with E-state index in [9.17, 15) is 9.90 Å². The lowest BCUT2D eigenvalue weighted by Crippen LogP contribution is -2.42. The highest BCUT2D eigenvalue weighted by Crippen LogP contribution is 2.27. The van der Waals surface area contributed by atoms with Gasteiger partial charge in [-0.2, -0.15) is 0 Å². The number of hydrogen-bond donors (Lipinski definition) is 1. The number of amides is 1. The average Bonchev–Trinajstić information content (AvgIpc) is 3.04. The predicted molar refractivity (Wildman–Crippen MR) is 94.5 cm³/mol. The van der Waals surface area contributed by atoms with E-state index < -0.39 is 6.10 Å². The van der Waals surface area contributed by atoms with Gasteiger partial charge in [-0.25, -0.2) is 4.98 Å². The number of aromatic nitrogens is 1. The van der Waals surface area contributed by atoms with Gasteiger partial charge in [-0.05, 0) is 51.0 Å². The van der Waals surface area contributed by atoms with Crippen LogP contribution in [-0.4, -0.2) is 46.2 Å². The number of aliphatic hydroxyl groups excluding tert-OH is 1. The maximum atomic E-state index is 12.5. The van der Waals surface area contributed by atoms with Crippen LogP contribution < -0.4 is 4.74 Å². The molecule has 3 rings (SSSR count). The highest BCUT2D eigenvalue weighted by Gasteiger charge is 2.24. The number of likely N-dealkylation sites (tertiary alicyclic amines) is 1. The van der Waals surface area contributed by atoms with Crippen molar-refractivity contribution in [2.24, 2.45) is 0 Å². The SMILES string of the molecule is CC(C)Oc1ccc(-c2nc(C(=O)N3CCCC(O)C3)cs2)cc1. The van der Waals surface area contributed by atoms with E-state index in [1.54, 1.807) is 10.3 Å². The smallest absolute Gasteiger partial charge is 0.273 e. The van der Waals surface area contributed by atoms with Gasteiger partial charge in [0.05, 0.1) is 12.2 Å². The molecular formula is C18H22N2O3S. The third kappa shape index (κ3) is 3.94. The van der Waals surface area contributed by atoms with Crippen LogP contribution in [0.4, 0.5) is 0 Å². The largest absolute Gasteiger partial charge is 0.491 e. The Hall–Kier alpha value is -1.92. The first-order valence-electron chi connectivity index (χ1n) is 8.23. The minimum atomic E-state index is -0.422. The summed E-state index contributed by atoms with van der Waals surface area (Å²) in [6, 6.07) is 7.74. The van der Waals surface area contributed by atoms with E-state index in [0.29, 0.717) is 18.8 Å². The zero-order valence-corrected chi connectivity index (χ0v) is 14.8. The molecule has 0 spiro atoms. The van der Waals surface area contributed by atoms with Crippen LogP contribution in [-0.2, 0) is 0 Å². The van der Waals surface area contributed by atoms with Gasteiger partial charge in [-0.1, -0.05) is 0 Å². The summed E-state index contributed by atoms with van der Waals surface area (Å²) >= 11 is 1.45. The second-order valence-corrected chi connectivity index (χ2v) is 7.13. The summed E-state index contributed by atoms with van der Waals surface area (Å²) in [6.45, 7) is 5.06. The summed E-state index contributed by atoms with van der Waals surface area (Å²) < 4.78 is 5.64. The van der Waals surface area contributed by atoms with E-state index in [4.69, 9.17) is 4.74 Å². The molecule has 5 nitrogen and oxygen atoms in total. The molecule has 1 aliphatic rings. The molecule has 24 heavy (non-hydrogen) atoms. The van der Waals surface area contributed by atoms with Gasteiger partial charge in [0.25, 0.3) is 5.91 Å². The van der Waals surface area contributed by atoms with Crippen LogP contribution >= 0.6 is 11.3 Å². The van der Waals surface area contributed by atoms with Gasteiger partial charge in [0.15, 0.2) is 0 Å². The van der Waals surface area contributed by atoms with Crippen molar-refractivity contribution < 1.29 is 14.6 Å². The fourth-order valence-corrected chi connectivity index (χ4v) is 3.55. The van der Waals surface area contributed by atoms with E-state index in [1.165, 1.54) is 11.3 Å². The molecule has 128 valence electrons.